The van der Waals surface area contributed by atoms with Crippen molar-refractivity contribution in [2.75, 3.05) is 10.6 Å². The van der Waals surface area contributed by atoms with Crippen LogP contribution in [0.15, 0.2) is 60.9 Å². The first-order valence-electron chi connectivity index (χ1n) is 8.42. The summed E-state index contributed by atoms with van der Waals surface area (Å²) in [5.41, 5.74) is 3.27. The summed E-state index contributed by atoms with van der Waals surface area (Å²) in [7, 11) is -3.49. The van der Waals surface area contributed by atoms with Gasteiger partial charge in [-0.15, -0.1) is 0 Å². The van der Waals surface area contributed by atoms with Crippen molar-refractivity contribution in [3.05, 3.63) is 77.7 Å². The molecule has 0 saturated heterocycles. The van der Waals surface area contributed by atoms with Gasteiger partial charge in [-0.25, -0.2) is 13.4 Å². The highest BCUT2D eigenvalue weighted by molar-refractivity contribution is 7.92. The molecule has 0 atom stereocenters. The number of anilines is 1. The fraction of sp³-hybridized carbons (Fsp3) is 0.200. The molecule has 0 aliphatic rings. The maximum Gasteiger partial charge on any atom is 0.232 e. The molecular weight excluding hydrogens is 362 g/mol. The summed E-state index contributed by atoms with van der Waals surface area (Å²) in [6.45, 7) is 4.14. The summed E-state index contributed by atoms with van der Waals surface area (Å²) in [6.07, 6.45) is 4.29. The summed E-state index contributed by atoms with van der Waals surface area (Å²) in [6, 6.07) is 14.5. The Hall–Kier alpha value is -2.93. The highest BCUT2D eigenvalue weighted by Gasteiger charge is 2.19. The van der Waals surface area contributed by atoms with E-state index in [-0.39, 0.29) is 6.54 Å². The zero-order valence-electron chi connectivity index (χ0n) is 15.5. The molecule has 0 fully saturated rings. The van der Waals surface area contributed by atoms with Crippen LogP contribution < -0.4 is 9.04 Å². The number of nitrogens with zero attached hydrogens (tertiary/aromatic N) is 3. The van der Waals surface area contributed by atoms with Crippen LogP contribution in [0.5, 0.6) is 11.6 Å². The third-order valence-electron chi connectivity index (χ3n) is 4.21. The SMILES string of the molecule is Cc1cccc(Oc2ccc(N(Cc3ccccn3)S(C)(=O)=O)cn2)c1C. The second kappa shape index (κ2) is 7.75. The van der Waals surface area contributed by atoms with Gasteiger partial charge in [0.25, 0.3) is 0 Å². The zero-order chi connectivity index (χ0) is 19.4. The van der Waals surface area contributed by atoms with Crippen molar-refractivity contribution in [1.82, 2.24) is 9.97 Å². The van der Waals surface area contributed by atoms with E-state index in [0.29, 0.717) is 17.3 Å². The van der Waals surface area contributed by atoms with Crippen LogP contribution in [0, 0.1) is 13.8 Å². The molecule has 2 heterocycles. The van der Waals surface area contributed by atoms with E-state index in [1.165, 1.54) is 10.5 Å². The zero-order valence-corrected chi connectivity index (χ0v) is 16.3. The monoisotopic (exact) mass is 383 g/mol. The van der Waals surface area contributed by atoms with Crippen molar-refractivity contribution in [2.24, 2.45) is 0 Å². The predicted molar refractivity (Wildman–Crippen MR) is 105 cm³/mol. The standard InChI is InChI=1S/C20H21N3O3S/c1-15-7-6-9-19(16(15)2)26-20-11-10-18(13-22-20)23(27(3,24)25)14-17-8-4-5-12-21-17/h4-13H,14H2,1-3H3. The van der Waals surface area contributed by atoms with Gasteiger partial charge in [0.1, 0.15) is 5.75 Å². The van der Waals surface area contributed by atoms with E-state index in [1.807, 2.05) is 38.1 Å². The number of sulfonamides is 1. The Labute approximate surface area is 159 Å². The first kappa shape index (κ1) is 18.8. The molecule has 6 nitrogen and oxygen atoms in total. The van der Waals surface area contributed by atoms with Crippen molar-refractivity contribution in [3.8, 4) is 11.6 Å². The Morgan fingerprint density at radius 1 is 1.00 bits per heavy atom. The van der Waals surface area contributed by atoms with E-state index in [0.717, 1.165) is 23.1 Å². The molecule has 7 heteroatoms. The summed E-state index contributed by atoms with van der Waals surface area (Å²) in [4.78, 5) is 8.47. The molecule has 140 valence electrons. The van der Waals surface area contributed by atoms with E-state index in [2.05, 4.69) is 9.97 Å². The molecule has 0 aliphatic carbocycles. The highest BCUT2D eigenvalue weighted by Crippen LogP contribution is 2.27. The van der Waals surface area contributed by atoms with Gasteiger partial charge in [0.2, 0.25) is 15.9 Å². The van der Waals surface area contributed by atoms with Gasteiger partial charge in [0, 0.05) is 12.3 Å². The topological polar surface area (TPSA) is 72.4 Å². The minimum atomic E-state index is -3.49. The number of hydrogen-bond donors (Lipinski definition) is 0. The molecule has 0 aliphatic heterocycles. The van der Waals surface area contributed by atoms with Crippen molar-refractivity contribution >= 4 is 15.7 Å². The van der Waals surface area contributed by atoms with E-state index < -0.39 is 10.0 Å². The number of pyridine rings is 2. The Morgan fingerprint density at radius 3 is 2.44 bits per heavy atom. The molecule has 0 N–H and O–H groups in total. The molecule has 0 unspecified atom stereocenters. The molecule has 0 bridgehead atoms. The Balaban J connectivity index is 1.84. The van der Waals surface area contributed by atoms with Crippen LogP contribution in [-0.2, 0) is 16.6 Å². The van der Waals surface area contributed by atoms with Crippen LogP contribution in [0.4, 0.5) is 5.69 Å². The number of benzene rings is 1. The third kappa shape index (κ3) is 4.62. The maximum atomic E-state index is 12.2. The van der Waals surface area contributed by atoms with E-state index in [1.54, 1.807) is 30.5 Å². The smallest absolute Gasteiger partial charge is 0.232 e. The van der Waals surface area contributed by atoms with Gasteiger partial charge in [-0.3, -0.25) is 9.29 Å². The minimum absolute atomic E-state index is 0.137. The van der Waals surface area contributed by atoms with Crippen LogP contribution in [0.25, 0.3) is 0 Å². The summed E-state index contributed by atoms with van der Waals surface area (Å²) in [5.74, 6) is 1.13. The van der Waals surface area contributed by atoms with Crippen molar-refractivity contribution in [2.45, 2.75) is 20.4 Å². The average Bonchev–Trinajstić information content (AvgIpc) is 2.64. The fourth-order valence-electron chi connectivity index (χ4n) is 2.57. The first-order chi connectivity index (χ1) is 12.8. The molecule has 3 aromatic rings. The molecule has 1 aromatic carbocycles. The van der Waals surface area contributed by atoms with Gasteiger partial charge in [0.15, 0.2) is 0 Å². The van der Waals surface area contributed by atoms with Gasteiger partial charge in [-0.05, 0) is 49.2 Å². The lowest BCUT2D eigenvalue weighted by Gasteiger charge is -2.21. The lowest BCUT2D eigenvalue weighted by Crippen LogP contribution is -2.29. The van der Waals surface area contributed by atoms with Crippen LogP contribution in [0.2, 0.25) is 0 Å². The third-order valence-corrected chi connectivity index (χ3v) is 5.35. The number of ether oxygens (including phenoxy) is 1. The molecule has 3 rings (SSSR count). The first-order valence-corrected chi connectivity index (χ1v) is 10.3. The molecule has 0 radical (unpaired) electrons. The molecule has 0 saturated carbocycles. The summed E-state index contributed by atoms with van der Waals surface area (Å²) < 4.78 is 31.6. The molecule has 0 spiro atoms. The summed E-state index contributed by atoms with van der Waals surface area (Å²) >= 11 is 0. The molecule has 27 heavy (non-hydrogen) atoms. The Morgan fingerprint density at radius 2 is 1.81 bits per heavy atom. The van der Waals surface area contributed by atoms with Crippen LogP contribution >= 0.6 is 0 Å². The largest absolute Gasteiger partial charge is 0.439 e. The Kier molecular flexibility index (Phi) is 5.41. The molecular formula is C20H21N3O3S. The second-order valence-corrected chi connectivity index (χ2v) is 8.15. The van der Waals surface area contributed by atoms with E-state index in [9.17, 15) is 8.42 Å². The number of hydrogen-bond acceptors (Lipinski definition) is 5. The Bertz CT molecular complexity index is 1020. The lowest BCUT2D eigenvalue weighted by molar-refractivity contribution is 0.459. The number of rotatable bonds is 6. The molecule has 0 amide bonds. The predicted octanol–water partition coefficient (Wildman–Crippen LogP) is 3.85. The van der Waals surface area contributed by atoms with Crippen LogP contribution in [0.1, 0.15) is 16.8 Å². The quantitative estimate of drug-likeness (QED) is 0.646. The normalized spacial score (nSPS) is 11.2. The van der Waals surface area contributed by atoms with Crippen molar-refractivity contribution < 1.29 is 13.2 Å². The van der Waals surface area contributed by atoms with Gasteiger partial charge in [-0.1, -0.05) is 18.2 Å². The summed E-state index contributed by atoms with van der Waals surface area (Å²) in [5, 5.41) is 0. The average molecular weight is 383 g/mol. The maximum absolute atomic E-state index is 12.2. The fourth-order valence-corrected chi connectivity index (χ4v) is 3.42. The lowest BCUT2D eigenvalue weighted by atomic mass is 10.1. The molecule has 2 aromatic heterocycles. The van der Waals surface area contributed by atoms with Crippen molar-refractivity contribution in [3.63, 3.8) is 0 Å². The second-order valence-electron chi connectivity index (χ2n) is 6.25. The van der Waals surface area contributed by atoms with Crippen molar-refractivity contribution in [1.29, 1.82) is 0 Å². The number of aryl methyl sites for hydroxylation is 1. The van der Waals surface area contributed by atoms with E-state index in [4.69, 9.17) is 4.74 Å². The highest BCUT2D eigenvalue weighted by atomic mass is 32.2. The number of aromatic nitrogens is 2. The van der Waals surface area contributed by atoms with Crippen LogP contribution in [-0.4, -0.2) is 24.6 Å². The van der Waals surface area contributed by atoms with Gasteiger partial charge >= 0.3 is 0 Å². The van der Waals surface area contributed by atoms with Crippen LogP contribution in [0.3, 0.4) is 0 Å². The van der Waals surface area contributed by atoms with Gasteiger partial charge < -0.3 is 4.74 Å². The van der Waals surface area contributed by atoms with Gasteiger partial charge in [0.05, 0.1) is 30.4 Å². The van der Waals surface area contributed by atoms with Gasteiger partial charge in [-0.2, -0.15) is 0 Å². The minimum Gasteiger partial charge on any atom is -0.439 e. The van der Waals surface area contributed by atoms with E-state index >= 15 is 0 Å².